The number of pyridine rings is 1. The van der Waals surface area contributed by atoms with Crippen molar-refractivity contribution in [3.05, 3.63) is 33.7 Å². The summed E-state index contributed by atoms with van der Waals surface area (Å²) in [5.74, 6) is 0. The third kappa shape index (κ3) is 1.49. The number of rotatable bonds is 0. The molecule has 2 nitrogen and oxygen atoms in total. The SMILES string of the molecule is Cc1c(Br)ccc2nc3c(n12)CCCCC3. The van der Waals surface area contributed by atoms with E-state index in [0.29, 0.717) is 0 Å². The van der Waals surface area contributed by atoms with Crippen LogP contribution in [-0.4, -0.2) is 9.38 Å². The first-order valence-corrected chi connectivity index (χ1v) is 6.72. The first kappa shape index (κ1) is 10.3. The van der Waals surface area contributed by atoms with E-state index in [-0.39, 0.29) is 0 Å². The molecule has 0 saturated carbocycles. The molecule has 0 N–H and O–H groups in total. The molecule has 84 valence electrons. The maximum absolute atomic E-state index is 4.76. The summed E-state index contributed by atoms with van der Waals surface area (Å²) < 4.78 is 3.49. The summed E-state index contributed by atoms with van der Waals surface area (Å²) in [4.78, 5) is 4.76. The molecule has 0 aromatic carbocycles. The Morgan fingerprint density at radius 3 is 2.88 bits per heavy atom. The van der Waals surface area contributed by atoms with Gasteiger partial charge in [0, 0.05) is 15.9 Å². The van der Waals surface area contributed by atoms with Crippen molar-refractivity contribution in [1.29, 1.82) is 0 Å². The van der Waals surface area contributed by atoms with Gasteiger partial charge in [0.2, 0.25) is 0 Å². The van der Waals surface area contributed by atoms with Crippen LogP contribution in [0.3, 0.4) is 0 Å². The maximum Gasteiger partial charge on any atom is 0.137 e. The number of hydrogen-bond donors (Lipinski definition) is 0. The summed E-state index contributed by atoms with van der Waals surface area (Å²) in [6.45, 7) is 2.16. The van der Waals surface area contributed by atoms with Crippen LogP contribution in [0.2, 0.25) is 0 Å². The summed E-state index contributed by atoms with van der Waals surface area (Å²) in [6, 6.07) is 4.20. The van der Waals surface area contributed by atoms with Gasteiger partial charge in [-0.25, -0.2) is 4.98 Å². The minimum Gasteiger partial charge on any atom is -0.300 e. The zero-order chi connectivity index (χ0) is 11.1. The van der Waals surface area contributed by atoms with Crippen LogP contribution in [0.15, 0.2) is 16.6 Å². The second-order valence-corrected chi connectivity index (χ2v) is 5.38. The van der Waals surface area contributed by atoms with Crippen molar-refractivity contribution >= 4 is 21.6 Å². The topological polar surface area (TPSA) is 17.3 Å². The van der Waals surface area contributed by atoms with Gasteiger partial charge in [0.25, 0.3) is 0 Å². The van der Waals surface area contributed by atoms with Gasteiger partial charge in [-0.2, -0.15) is 0 Å². The highest BCUT2D eigenvalue weighted by molar-refractivity contribution is 9.10. The molecule has 1 aliphatic carbocycles. The third-order valence-electron chi connectivity index (χ3n) is 3.47. The molecule has 0 unspecified atom stereocenters. The highest BCUT2D eigenvalue weighted by atomic mass is 79.9. The van der Waals surface area contributed by atoms with Crippen LogP contribution in [0.5, 0.6) is 0 Å². The van der Waals surface area contributed by atoms with Gasteiger partial charge in [-0.1, -0.05) is 6.42 Å². The largest absolute Gasteiger partial charge is 0.300 e. The normalized spacial score (nSPS) is 16.1. The molecule has 0 amide bonds. The first-order chi connectivity index (χ1) is 7.77. The third-order valence-corrected chi connectivity index (χ3v) is 4.31. The van der Waals surface area contributed by atoms with E-state index in [1.165, 1.54) is 47.2 Å². The van der Waals surface area contributed by atoms with Crippen molar-refractivity contribution in [3.63, 3.8) is 0 Å². The molecule has 0 aliphatic heterocycles. The molecule has 2 aromatic rings. The average Bonchev–Trinajstić information content (AvgIpc) is 2.47. The number of imidazole rings is 1. The molecular formula is C13H15BrN2. The minimum atomic E-state index is 1.10. The molecule has 1 aliphatic rings. The van der Waals surface area contributed by atoms with Gasteiger partial charge in [-0.15, -0.1) is 0 Å². The van der Waals surface area contributed by atoms with E-state index in [1.54, 1.807) is 0 Å². The standard InChI is InChI=1S/C13H15BrN2/c1-9-10(14)7-8-13-15-11-5-3-2-4-6-12(11)16(9)13/h7-8H,2-6H2,1H3. The summed E-state index contributed by atoms with van der Waals surface area (Å²) in [5.41, 5.74) is 5.13. The van der Waals surface area contributed by atoms with Gasteiger partial charge in [-0.05, 0) is 60.7 Å². The van der Waals surface area contributed by atoms with E-state index in [9.17, 15) is 0 Å². The summed E-state index contributed by atoms with van der Waals surface area (Å²) in [7, 11) is 0. The zero-order valence-electron chi connectivity index (χ0n) is 9.46. The van der Waals surface area contributed by atoms with Crippen LogP contribution in [0.4, 0.5) is 0 Å². The van der Waals surface area contributed by atoms with Crippen LogP contribution in [-0.2, 0) is 12.8 Å². The van der Waals surface area contributed by atoms with Crippen LogP contribution in [0.1, 0.15) is 36.3 Å². The Morgan fingerprint density at radius 2 is 2.00 bits per heavy atom. The predicted molar refractivity (Wildman–Crippen MR) is 68.9 cm³/mol. The van der Waals surface area contributed by atoms with Crippen molar-refractivity contribution in [2.45, 2.75) is 39.0 Å². The Hall–Kier alpha value is -0.830. The van der Waals surface area contributed by atoms with Gasteiger partial charge in [0.15, 0.2) is 0 Å². The molecule has 2 heterocycles. The molecule has 0 saturated heterocycles. The van der Waals surface area contributed by atoms with Gasteiger partial charge in [0.05, 0.1) is 5.69 Å². The number of halogens is 1. The first-order valence-electron chi connectivity index (χ1n) is 5.92. The number of aromatic nitrogens is 2. The second kappa shape index (κ2) is 3.88. The average molecular weight is 279 g/mol. The lowest BCUT2D eigenvalue weighted by Crippen LogP contribution is -1.98. The fourth-order valence-electron chi connectivity index (χ4n) is 2.60. The van der Waals surface area contributed by atoms with Gasteiger partial charge in [-0.3, -0.25) is 4.40 Å². The highest BCUT2D eigenvalue weighted by Gasteiger charge is 2.16. The molecular weight excluding hydrogens is 264 g/mol. The molecule has 0 radical (unpaired) electrons. The lowest BCUT2D eigenvalue weighted by atomic mass is 10.2. The molecule has 0 atom stereocenters. The quantitative estimate of drug-likeness (QED) is 0.672. The Balaban J connectivity index is 2.31. The number of fused-ring (bicyclic) bond motifs is 3. The number of aryl methyl sites for hydroxylation is 3. The monoisotopic (exact) mass is 278 g/mol. The molecule has 0 fully saturated rings. The summed E-state index contributed by atoms with van der Waals surface area (Å²) in [5, 5.41) is 0. The van der Waals surface area contributed by atoms with E-state index in [2.05, 4.69) is 39.4 Å². The maximum atomic E-state index is 4.76. The van der Waals surface area contributed by atoms with E-state index < -0.39 is 0 Å². The van der Waals surface area contributed by atoms with E-state index >= 15 is 0 Å². The van der Waals surface area contributed by atoms with Crippen LogP contribution in [0.25, 0.3) is 5.65 Å². The fraction of sp³-hybridized carbons (Fsp3) is 0.462. The Kier molecular flexibility index (Phi) is 2.51. The van der Waals surface area contributed by atoms with Gasteiger partial charge < -0.3 is 0 Å². The fourth-order valence-corrected chi connectivity index (χ4v) is 2.91. The van der Waals surface area contributed by atoms with Crippen molar-refractivity contribution in [1.82, 2.24) is 9.38 Å². The van der Waals surface area contributed by atoms with E-state index in [1.807, 2.05) is 0 Å². The van der Waals surface area contributed by atoms with Crippen LogP contribution in [0, 0.1) is 6.92 Å². The van der Waals surface area contributed by atoms with Crippen molar-refractivity contribution in [3.8, 4) is 0 Å². The summed E-state index contributed by atoms with van der Waals surface area (Å²) in [6.07, 6.45) is 6.25. The van der Waals surface area contributed by atoms with Crippen LogP contribution < -0.4 is 0 Å². The Morgan fingerprint density at radius 1 is 1.19 bits per heavy atom. The lowest BCUT2D eigenvalue weighted by molar-refractivity contribution is 0.701. The van der Waals surface area contributed by atoms with E-state index in [4.69, 9.17) is 4.98 Å². The zero-order valence-corrected chi connectivity index (χ0v) is 11.0. The van der Waals surface area contributed by atoms with Gasteiger partial charge >= 0.3 is 0 Å². The van der Waals surface area contributed by atoms with Crippen molar-refractivity contribution in [2.75, 3.05) is 0 Å². The highest BCUT2D eigenvalue weighted by Crippen LogP contribution is 2.26. The number of nitrogens with zero attached hydrogens (tertiary/aromatic N) is 2. The van der Waals surface area contributed by atoms with Crippen LogP contribution >= 0.6 is 15.9 Å². The Bertz CT molecular complexity index is 542. The molecule has 0 spiro atoms. The van der Waals surface area contributed by atoms with E-state index in [0.717, 1.165) is 12.1 Å². The molecule has 3 rings (SSSR count). The smallest absolute Gasteiger partial charge is 0.137 e. The summed E-state index contributed by atoms with van der Waals surface area (Å²) >= 11 is 3.60. The Labute approximate surface area is 104 Å². The van der Waals surface area contributed by atoms with Crippen molar-refractivity contribution < 1.29 is 0 Å². The predicted octanol–water partition coefficient (Wildman–Crippen LogP) is 3.67. The lowest BCUT2D eigenvalue weighted by Gasteiger charge is -2.06. The number of hydrogen-bond acceptors (Lipinski definition) is 1. The second-order valence-electron chi connectivity index (χ2n) is 4.53. The van der Waals surface area contributed by atoms with Gasteiger partial charge in [0.1, 0.15) is 5.65 Å². The molecule has 16 heavy (non-hydrogen) atoms. The van der Waals surface area contributed by atoms with Crippen molar-refractivity contribution in [2.24, 2.45) is 0 Å². The molecule has 3 heteroatoms. The molecule has 0 bridgehead atoms. The minimum absolute atomic E-state index is 1.10. The molecule has 2 aromatic heterocycles.